The van der Waals surface area contributed by atoms with Crippen LogP contribution < -0.4 is 5.32 Å². The van der Waals surface area contributed by atoms with E-state index in [9.17, 15) is 13.2 Å². The van der Waals surface area contributed by atoms with Gasteiger partial charge >= 0.3 is 6.18 Å². The summed E-state index contributed by atoms with van der Waals surface area (Å²) in [5.74, 6) is 0. The molecule has 1 nitrogen and oxygen atoms in total. The fraction of sp³-hybridized carbons (Fsp3) is 0.417. The number of benzene rings is 1. The Bertz CT molecular complexity index is 336. The van der Waals surface area contributed by atoms with Gasteiger partial charge in [0.1, 0.15) is 0 Å². The van der Waals surface area contributed by atoms with Crippen molar-refractivity contribution in [3.8, 4) is 0 Å². The summed E-state index contributed by atoms with van der Waals surface area (Å²) in [6, 6.07) is 5.46. The molecular formula is C12H13F3N. The van der Waals surface area contributed by atoms with Crippen LogP contribution in [0.3, 0.4) is 0 Å². The molecule has 1 heterocycles. The smallest absolute Gasteiger partial charge is 0.310 e. The van der Waals surface area contributed by atoms with E-state index in [1.165, 1.54) is 0 Å². The quantitative estimate of drug-likeness (QED) is 0.777. The number of halogens is 3. The third-order valence-corrected chi connectivity index (χ3v) is 2.74. The zero-order valence-electron chi connectivity index (χ0n) is 8.72. The van der Waals surface area contributed by atoms with Gasteiger partial charge in [-0.25, -0.2) is 0 Å². The van der Waals surface area contributed by atoms with Gasteiger partial charge < -0.3 is 5.32 Å². The number of piperidine rings is 1. The first kappa shape index (κ1) is 11.5. The van der Waals surface area contributed by atoms with E-state index in [-0.39, 0.29) is 6.04 Å². The third kappa shape index (κ3) is 2.55. The molecule has 1 aromatic carbocycles. The van der Waals surface area contributed by atoms with Crippen LogP contribution in [0.4, 0.5) is 13.2 Å². The molecule has 2 rings (SSSR count). The minimum absolute atomic E-state index is 0.0935. The van der Waals surface area contributed by atoms with Crippen molar-refractivity contribution in [1.29, 1.82) is 0 Å². The van der Waals surface area contributed by atoms with Crippen LogP contribution >= 0.6 is 0 Å². The fourth-order valence-electron chi connectivity index (χ4n) is 1.86. The van der Waals surface area contributed by atoms with Crippen LogP contribution in [0.2, 0.25) is 0 Å². The molecule has 1 unspecified atom stereocenters. The zero-order valence-corrected chi connectivity index (χ0v) is 8.72. The number of hydrogen-bond donors (Lipinski definition) is 1. The standard InChI is InChI=1S/C12H13F3N/c13-12(14,15)10-6-4-9(5-7-10)11-3-1-2-8-16-11/h3-7,11,16H,1-2,8H2. The minimum Gasteiger partial charge on any atom is -0.310 e. The van der Waals surface area contributed by atoms with Gasteiger partial charge in [-0.2, -0.15) is 13.2 Å². The van der Waals surface area contributed by atoms with Crippen molar-refractivity contribution in [2.75, 3.05) is 6.54 Å². The van der Waals surface area contributed by atoms with Gasteiger partial charge in [-0.3, -0.25) is 0 Å². The highest BCUT2D eigenvalue weighted by Gasteiger charge is 2.30. The van der Waals surface area contributed by atoms with Gasteiger partial charge in [0.2, 0.25) is 0 Å². The maximum atomic E-state index is 12.3. The number of rotatable bonds is 1. The molecular weight excluding hydrogens is 215 g/mol. The summed E-state index contributed by atoms with van der Waals surface area (Å²) < 4.78 is 37.0. The van der Waals surface area contributed by atoms with Gasteiger partial charge in [0.25, 0.3) is 0 Å². The van der Waals surface area contributed by atoms with E-state index in [2.05, 4.69) is 11.7 Å². The number of nitrogens with one attached hydrogen (secondary N) is 1. The molecule has 1 saturated heterocycles. The summed E-state index contributed by atoms with van der Waals surface area (Å²) in [4.78, 5) is 0. The van der Waals surface area contributed by atoms with Crippen LogP contribution in [0, 0.1) is 6.42 Å². The van der Waals surface area contributed by atoms with E-state index < -0.39 is 11.7 Å². The fourth-order valence-corrected chi connectivity index (χ4v) is 1.86. The second-order valence-corrected chi connectivity index (χ2v) is 3.93. The average Bonchev–Trinajstić information content (AvgIpc) is 2.29. The monoisotopic (exact) mass is 228 g/mol. The molecule has 1 aliphatic rings. The average molecular weight is 228 g/mol. The molecule has 0 amide bonds. The van der Waals surface area contributed by atoms with E-state index in [1.54, 1.807) is 12.1 Å². The maximum absolute atomic E-state index is 12.3. The number of hydrogen-bond acceptors (Lipinski definition) is 1. The SMILES string of the molecule is FC(F)(F)c1ccc(C2[CH]CCCN2)cc1. The lowest BCUT2D eigenvalue weighted by Crippen LogP contribution is -2.27. The summed E-state index contributed by atoms with van der Waals surface area (Å²) in [5.41, 5.74) is 0.305. The molecule has 4 heteroatoms. The lowest BCUT2D eigenvalue weighted by atomic mass is 9.97. The summed E-state index contributed by atoms with van der Waals surface area (Å²) in [6.07, 6.45) is -0.0375. The Kier molecular flexibility index (Phi) is 3.19. The first-order valence-corrected chi connectivity index (χ1v) is 5.31. The molecule has 87 valence electrons. The Morgan fingerprint density at radius 2 is 1.81 bits per heavy atom. The van der Waals surface area contributed by atoms with Crippen molar-refractivity contribution in [3.63, 3.8) is 0 Å². The molecule has 0 bridgehead atoms. The van der Waals surface area contributed by atoms with Gasteiger partial charge in [-0.15, -0.1) is 0 Å². The van der Waals surface area contributed by atoms with Crippen LogP contribution in [0.5, 0.6) is 0 Å². The molecule has 1 aliphatic heterocycles. The molecule has 1 atom stereocenters. The number of alkyl halides is 3. The normalized spacial score (nSPS) is 22.1. The van der Waals surface area contributed by atoms with Gasteiger partial charge in [-0.05, 0) is 43.5 Å². The molecule has 0 aliphatic carbocycles. The highest BCUT2D eigenvalue weighted by molar-refractivity contribution is 5.28. The minimum atomic E-state index is -4.25. The highest BCUT2D eigenvalue weighted by atomic mass is 19.4. The zero-order chi connectivity index (χ0) is 11.6. The van der Waals surface area contributed by atoms with E-state index in [1.807, 2.05) is 0 Å². The Morgan fingerprint density at radius 3 is 2.31 bits per heavy atom. The van der Waals surface area contributed by atoms with E-state index in [4.69, 9.17) is 0 Å². The topological polar surface area (TPSA) is 12.0 Å². The molecule has 1 aromatic rings. The van der Waals surface area contributed by atoms with Crippen molar-refractivity contribution in [2.24, 2.45) is 0 Å². The van der Waals surface area contributed by atoms with Crippen molar-refractivity contribution < 1.29 is 13.2 Å². The lowest BCUT2D eigenvalue weighted by molar-refractivity contribution is -0.137. The Balaban J connectivity index is 2.12. The van der Waals surface area contributed by atoms with E-state index >= 15 is 0 Å². The molecule has 0 spiro atoms. The van der Waals surface area contributed by atoms with Gasteiger partial charge in [-0.1, -0.05) is 12.1 Å². The summed E-state index contributed by atoms with van der Waals surface area (Å²) >= 11 is 0. The van der Waals surface area contributed by atoms with E-state index in [0.717, 1.165) is 37.1 Å². The highest BCUT2D eigenvalue weighted by Crippen LogP contribution is 2.30. The lowest BCUT2D eigenvalue weighted by Gasteiger charge is -2.23. The van der Waals surface area contributed by atoms with Crippen molar-refractivity contribution in [3.05, 3.63) is 41.8 Å². The molecule has 1 fully saturated rings. The van der Waals surface area contributed by atoms with Gasteiger partial charge in [0.15, 0.2) is 0 Å². The third-order valence-electron chi connectivity index (χ3n) is 2.74. The predicted molar refractivity (Wildman–Crippen MR) is 55.7 cm³/mol. The molecule has 16 heavy (non-hydrogen) atoms. The summed E-state index contributed by atoms with van der Waals surface area (Å²) in [6.45, 7) is 0.919. The molecule has 1 radical (unpaired) electrons. The van der Waals surface area contributed by atoms with Crippen molar-refractivity contribution in [2.45, 2.75) is 25.1 Å². The molecule has 0 aromatic heterocycles. The Hall–Kier alpha value is -1.03. The molecule has 1 N–H and O–H groups in total. The first-order valence-electron chi connectivity index (χ1n) is 5.31. The summed E-state index contributed by atoms with van der Waals surface area (Å²) in [5, 5.41) is 3.26. The van der Waals surface area contributed by atoms with Crippen LogP contribution in [-0.2, 0) is 6.18 Å². The largest absolute Gasteiger partial charge is 0.416 e. The van der Waals surface area contributed by atoms with Crippen molar-refractivity contribution >= 4 is 0 Å². The van der Waals surface area contributed by atoms with Crippen LogP contribution in [0.1, 0.15) is 30.0 Å². The van der Waals surface area contributed by atoms with Crippen molar-refractivity contribution in [1.82, 2.24) is 5.32 Å². The summed E-state index contributed by atoms with van der Waals surface area (Å²) in [7, 11) is 0. The van der Waals surface area contributed by atoms with Crippen LogP contribution in [-0.4, -0.2) is 6.54 Å². The van der Waals surface area contributed by atoms with Crippen LogP contribution in [0.25, 0.3) is 0 Å². The first-order chi connectivity index (χ1) is 7.57. The Morgan fingerprint density at radius 1 is 1.12 bits per heavy atom. The van der Waals surface area contributed by atoms with Gasteiger partial charge in [0, 0.05) is 6.04 Å². The van der Waals surface area contributed by atoms with Gasteiger partial charge in [0.05, 0.1) is 5.56 Å². The maximum Gasteiger partial charge on any atom is 0.416 e. The predicted octanol–water partition coefficient (Wildman–Crippen LogP) is 3.33. The second kappa shape index (κ2) is 4.45. The van der Waals surface area contributed by atoms with E-state index in [0.29, 0.717) is 0 Å². The second-order valence-electron chi connectivity index (χ2n) is 3.93. The van der Waals surface area contributed by atoms with Crippen LogP contribution in [0.15, 0.2) is 24.3 Å². The Labute approximate surface area is 92.7 Å². The molecule has 0 saturated carbocycles.